The summed E-state index contributed by atoms with van der Waals surface area (Å²) in [6, 6.07) is 14.7. The Morgan fingerprint density at radius 2 is 1.72 bits per heavy atom. The van der Waals surface area contributed by atoms with E-state index in [-0.39, 0.29) is 4.90 Å². The zero-order chi connectivity index (χ0) is 22.9. The molecule has 0 saturated heterocycles. The van der Waals surface area contributed by atoms with Crippen molar-refractivity contribution in [1.82, 2.24) is 19.7 Å². The molecule has 2 heterocycles. The predicted octanol–water partition coefficient (Wildman–Crippen LogP) is 4.32. The Morgan fingerprint density at radius 1 is 0.969 bits per heavy atom. The van der Waals surface area contributed by atoms with Crippen LogP contribution in [0.5, 0.6) is 11.6 Å². The summed E-state index contributed by atoms with van der Waals surface area (Å²) in [4.78, 5) is 8.55. The van der Waals surface area contributed by atoms with Gasteiger partial charge in [-0.1, -0.05) is 6.07 Å². The maximum atomic E-state index is 13.4. The maximum absolute atomic E-state index is 13.4. The van der Waals surface area contributed by atoms with Crippen molar-refractivity contribution in [3.63, 3.8) is 0 Å². The van der Waals surface area contributed by atoms with Gasteiger partial charge in [0.1, 0.15) is 17.4 Å². The van der Waals surface area contributed by atoms with Crippen LogP contribution in [-0.4, -0.2) is 28.2 Å². The van der Waals surface area contributed by atoms with Crippen molar-refractivity contribution in [3.8, 4) is 17.4 Å². The van der Waals surface area contributed by atoms with E-state index in [4.69, 9.17) is 4.74 Å². The molecule has 4 aromatic rings. The fourth-order valence-electron chi connectivity index (χ4n) is 3.11. The average molecular weight is 453 g/mol. The normalized spacial score (nSPS) is 11.4. The lowest BCUT2D eigenvalue weighted by Crippen LogP contribution is -2.13. The van der Waals surface area contributed by atoms with E-state index in [0.717, 1.165) is 17.5 Å². The van der Waals surface area contributed by atoms with Crippen LogP contribution in [-0.2, 0) is 10.0 Å². The van der Waals surface area contributed by atoms with Crippen LogP contribution < -0.4 is 9.46 Å². The van der Waals surface area contributed by atoms with E-state index in [1.807, 2.05) is 19.9 Å². The van der Waals surface area contributed by atoms with Crippen molar-refractivity contribution in [2.45, 2.75) is 25.7 Å². The Hall–Kier alpha value is -3.79. The number of benzene rings is 2. The number of sulfonamides is 1. The molecule has 0 amide bonds. The van der Waals surface area contributed by atoms with Gasteiger partial charge in [-0.05, 0) is 69.3 Å². The fourth-order valence-corrected chi connectivity index (χ4v) is 4.20. The number of aryl methyl sites for hydroxylation is 3. The third kappa shape index (κ3) is 4.75. The summed E-state index contributed by atoms with van der Waals surface area (Å²) < 4.78 is 48.2. The molecule has 2 aromatic carbocycles. The van der Waals surface area contributed by atoms with Crippen molar-refractivity contribution >= 4 is 15.7 Å². The molecule has 10 heteroatoms. The first-order valence-electron chi connectivity index (χ1n) is 9.65. The Morgan fingerprint density at radius 3 is 2.38 bits per heavy atom. The van der Waals surface area contributed by atoms with Gasteiger partial charge in [0.25, 0.3) is 10.0 Å². The van der Waals surface area contributed by atoms with E-state index in [2.05, 4.69) is 19.8 Å². The summed E-state index contributed by atoms with van der Waals surface area (Å²) in [5.41, 5.74) is 2.11. The van der Waals surface area contributed by atoms with Crippen molar-refractivity contribution in [3.05, 3.63) is 83.7 Å². The quantitative estimate of drug-likeness (QED) is 0.467. The molecule has 1 N–H and O–H groups in total. The summed E-state index contributed by atoms with van der Waals surface area (Å²) in [5.74, 6) is 1.25. The van der Waals surface area contributed by atoms with Crippen LogP contribution in [0.25, 0.3) is 5.82 Å². The third-order valence-electron chi connectivity index (χ3n) is 4.46. The minimum atomic E-state index is -3.91. The lowest BCUT2D eigenvalue weighted by molar-refractivity contribution is 0.459. The number of nitrogens with one attached hydrogen (secondary N) is 1. The van der Waals surface area contributed by atoms with E-state index in [1.54, 1.807) is 41.9 Å². The highest BCUT2D eigenvalue weighted by Gasteiger charge is 2.15. The van der Waals surface area contributed by atoms with Gasteiger partial charge in [0.2, 0.25) is 5.88 Å². The van der Waals surface area contributed by atoms with Crippen LogP contribution in [0.1, 0.15) is 17.2 Å². The largest absolute Gasteiger partial charge is 0.439 e. The molecule has 32 heavy (non-hydrogen) atoms. The summed E-state index contributed by atoms with van der Waals surface area (Å²) in [6.07, 6.45) is 0. The smallest absolute Gasteiger partial charge is 0.261 e. The highest BCUT2D eigenvalue weighted by atomic mass is 32.2. The average Bonchev–Trinajstić information content (AvgIpc) is 3.07. The number of hydrogen-bond acceptors (Lipinski definition) is 6. The monoisotopic (exact) mass is 453 g/mol. The van der Waals surface area contributed by atoms with E-state index in [1.165, 1.54) is 18.2 Å². The minimum absolute atomic E-state index is 0.161. The van der Waals surface area contributed by atoms with Crippen LogP contribution in [0, 0.1) is 26.6 Å². The molecule has 0 aliphatic rings. The molecule has 0 bridgehead atoms. The van der Waals surface area contributed by atoms with Gasteiger partial charge in [0.15, 0.2) is 5.82 Å². The van der Waals surface area contributed by atoms with Gasteiger partial charge in [0.05, 0.1) is 10.6 Å². The van der Waals surface area contributed by atoms with Crippen molar-refractivity contribution in [2.75, 3.05) is 4.72 Å². The molecule has 0 aliphatic carbocycles. The van der Waals surface area contributed by atoms with Crippen LogP contribution >= 0.6 is 0 Å². The molecule has 0 aliphatic heterocycles. The number of ether oxygens (including phenoxy) is 1. The van der Waals surface area contributed by atoms with Gasteiger partial charge in [-0.25, -0.2) is 22.5 Å². The first kappa shape index (κ1) is 21.4. The number of rotatable bonds is 6. The van der Waals surface area contributed by atoms with Gasteiger partial charge in [-0.15, -0.1) is 0 Å². The molecular formula is C22H20FN5O3S. The van der Waals surface area contributed by atoms with Gasteiger partial charge >= 0.3 is 0 Å². The number of hydrogen-bond donors (Lipinski definition) is 1. The van der Waals surface area contributed by atoms with E-state index < -0.39 is 15.8 Å². The predicted molar refractivity (Wildman–Crippen MR) is 117 cm³/mol. The Bertz CT molecular complexity index is 1390. The second-order valence-electron chi connectivity index (χ2n) is 7.14. The zero-order valence-electron chi connectivity index (χ0n) is 17.6. The highest BCUT2D eigenvalue weighted by molar-refractivity contribution is 7.92. The standard InChI is InChI=1S/C22H20FN5O3S/c1-14-11-15(2)28(26-14)21-13-22(25-16(3)24-21)31-19-9-7-18(8-10-19)27-32(29,30)20-6-4-5-17(23)12-20/h4-13,27H,1-3H3. The molecule has 2 aromatic heterocycles. The number of halogens is 1. The molecule has 0 atom stereocenters. The first-order valence-corrected chi connectivity index (χ1v) is 11.1. The molecule has 0 fully saturated rings. The summed E-state index contributed by atoms with van der Waals surface area (Å²) in [5, 5.41) is 4.43. The Labute approximate surface area is 184 Å². The molecule has 0 radical (unpaired) electrons. The van der Waals surface area contributed by atoms with E-state index >= 15 is 0 Å². The van der Waals surface area contributed by atoms with Crippen molar-refractivity contribution < 1.29 is 17.5 Å². The van der Waals surface area contributed by atoms with E-state index in [0.29, 0.717) is 29.0 Å². The Balaban J connectivity index is 1.52. The van der Waals surface area contributed by atoms with Gasteiger partial charge in [0, 0.05) is 17.4 Å². The lowest BCUT2D eigenvalue weighted by Gasteiger charge is -2.11. The second kappa shape index (κ2) is 8.39. The van der Waals surface area contributed by atoms with Crippen LogP contribution in [0.3, 0.4) is 0 Å². The van der Waals surface area contributed by atoms with Crippen LogP contribution in [0.2, 0.25) is 0 Å². The minimum Gasteiger partial charge on any atom is -0.439 e. The number of aromatic nitrogens is 4. The number of anilines is 1. The first-order chi connectivity index (χ1) is 15.2. The van der Waals surface area contributed by atoms with Gasteiger partial charge in [-0.2, -0.15) is 10.1 Å². The lowest BCUT2D eigenvalue weighted by atomic mass is 10.3. The van der Waals surface area contributed by atoms with E-state index in [9.17, 15) is 12.8 Å². The third-order valence-corrected chi connectivity index (χ3v) is 5.84. The van der Waals surface area contributed by atoms with Crippen molar-refractivity contribution in [2.24, 2.45) is 0 Å². The summed E-state index contributed by atoms with van der Waals surface area (Å²) in [6.45, 7) is 5.59. The summed E-state index contributed by atoms with van der Waals surface area (Å²) in [7, 11) is -3.91. The van der Waals surface area contributed by atoms with Gasteiger partial charge in [-0.3, -0.25) is 4.72 Å². The molecule has 0 saturated carbocycles. The molecule has 0 spiro atoms. The summed E-state index contributed by atoms with van der Waals surface area (Å²) >= 11 is 0. The molecule has 164 valence electrons. The SMILES string of the molecule is Cc1cc(C)n(-c2cc(Oc3ccc(NS(=O)(=O)c4cccc(F)c4)cc3)nc(C)n2)n1. The van der Waals surface area contributed by atoms with Crippen molar-refractivity contribution in [1.29, 1.82) is 0 Å². The Kier molecular flexibility index (Phi) is 5.62. The molecule has 8 nitrogen and oxygen atoms in total. The second-order valence-corrected chi connectivity index (χ2v) is 8.82. The van der Waals surface area contributed by atoms with Crippen LogP contribution in [0.4, 0.5) is 10.1 Å². The molecular weight excluding hydrogens is 433 g/mol. The topological polar surface area (TPSA) is 99.0 Å². The maximum Gasteiger partial charge on any atom is 0.261 e. The fraction of sp³-hybridized carbons (Fsp3) is 0.136. The number of nitrogens with zero attached hydrogens (tertiary/aromatic N) is 4. The van der Waals surface area contributed by atoms with Gasteiger partial charge < -0.3 is 4.74 Å². The molecule has 4 rings (SSSR count). The van der Waals surface area contributed by atoms with Crippen LogP contribution in [0.15, 0.2) is 65.6 Å². The zero-order valence-corrected chi connectivity index (χ0v) is 18.4. The molecule has 0 unspecified atom stereocenters. The highest BCUT2D eigenvalue weighted by Crippen LogP contribution is 2.25.